The van der Waals surface area contributed by atoms with E-state index in [0.29, 0.717) is 12.6 Å². The van der Waals surface area contributed by atoms with Gasteiger partial charge in [-0.2, -0.15) is 0 Å². The zero-order chi connectivity index (χ0) is 11.5. The Kier molecular flexibility index (Phi) is 3.29. The smallest absolute Gasteiger partial charge is 0.338 e. The molecular formula is C12H17NO3. The quantitative estimate of drug-likeness (QED) is 0.854. The Morgan fingerprint density at radius 3 is 3.06 bits per heavy atom. The zero-order valence-electron chi connectivity index (χ0n) is 9.48. The Balaban J connectivity index is 1.99. The Morgan fingerprint density at radius 1 is 1.62 bits per heavy atom. The van der Waals surface area contributed by atoms with Crippen molar-refractivity contribution in [2.45, 2.75) is 38.8 Å². The maximum atomic E-state index is 10.7. The summed E-state index contributed by atoms with van der Waals surface area (Å²) in [5.41, 5.74) is 0.236. The summed E-state index contributed by atoms with van der Waals surface area (Å²) < 4.78 is 5.25. The summed E-state index contributed by atoms with van der Waals surface area (Å²) in [5.74, 6) is -0.187. The first-order valence-corrected chi connectivity index (χ1v) is 5.71. The average Bonchev–Trinajstić information content (AvgIpc) is 2.70. The number of piperidine rings is 1. The lowest BCUT2D eigenvalue weighted by molar-refractivity contribution is 0.0696. The molecule has 1 saturated heterocycles. The Labute approximate surface area is 94.9 Å². The Bertz CT molecular complexity index is 372. The van der Waals surface area contributed by atoms with E-state index in [2.05, 4.69) is 11.8 Å². The molecule has 0 saturated carbocycles. The highest BCUT2D eigenvalue weighted by Gasteiger charge is 2.19. The topological polar surface area (TPSA) is 53.7 Å². The van der Waals surface area contributed by atoms with Gasteiger partial charge in [0.05, 0.1) is 12.1 Å². The van der Waals surface area contributed by atoms with Crippen molar-refractivity contribution < 1.29 is 14.3 Å². The highest BCUT2D eigenvalue weighted by atomic mass is 16.4. The lowest BCUT2D eigenvalue weighted by atomic mass is 10.0. The number of likely N-dealkylation sites (tertiary alicyclic amines) is 1. The summed E-state index contributed by atoms with van der Waals surface area (Å²) in [5, 5.41) is 8.78. The van der Waals surface area contributed by atoms with Crippen molar-refractivity contribution in [1.29, 1.82) is 0 Å². The van der Waals surface area contributed by atoms with Crippen LogP contribution in [-0.4, -0.2) is 28.6 Å². The van der Waals surface area contributed by atoms with Crippen molar-refractivity contribution in [3.8, 4) is 0 Å². The minimum atomic E-state index is -0.929. The molecule has 16 heavy (non-hydrogen) atoms. The fourth-order valence-electron chi connectivity index (χ4n) is 2.17. The molecule has 0 radical (unpaired) electrons. The van der Waals surface area contributed by atoms with Gasteiger partial charge in [-0.1, -0.05) is 6.42 Å². The molecule has 1 fully saturated rings. The van der Waals surface area contributed by atoms with Gasteiger partial charge in [0, 0.05) is 6.04 Å². The van der Waals surface area contributed by atoms with Crippen LogP contribution in [0.5, 0.6) is 0 Å². The van der Waals surface area contributed by atoms with Gasteiger partial charge in [0.25, 0.3) is 0 Å². The third kappa shape index (κ3) is 2.44. The van der Waals surface area contributed by atoms with E-state index in [1.807, 2.05) is 0 Å². The molecule has 2 heterocycles. The zero-order valence-corrected chi connectivity index (χ0v) is 9.48. The van der Waals surface area contributed by atoms with Gasteiger partial charge in [0.15, 0.2) is 0 Å². The highest BCUT2D eigenvalue weighted by Crippen LogP contribution is 2.20. The van der Waals surface area contributed by atoms with E-state index in [-0.39, 0.29) is 5.56 Å². The summed E-state index contributed by atoms with van der Waals surface area (Å²) in [6.07, 6.45) is 5.03. The van der Waals surface area contributed by atoms with Crippen LogP contribution < -0.4 is 0 Å². The molecule has 0 aliphatic carbocycles. The SMILES string of the molecule is CC1CCCCN1Cc1cc(C(=O)O)co1. The van der Waals surface area contributed by atoms with E-state index < -0.39 is 5.97 Å². The van der Waals surface area contributed by atoms with Crippen molar-refractivity contribution in [2.75, 3.05) is 6.54 Å². The molecular weight excluding hydrogens is 206 g/mol. The molecule has 0 aromatic carbocycles. The van der Waals surface area contributed by atoms with Crippen molar-refractivity contribution in [3.05, 3.63) is 23.7 Å². The summed E-state index contributed by atoms with van der Waals surface area (Å²) in [4.78, 5) is 13.0. The molecule has 1 aliphatic heterocycles. The second-order valence-corrected chi connectivity index (χ2v) is 4.42. The Morgan fingerprint density at radius 2 is 2.44 bits per heavy atom. The summed E-state index contributed by atoms with van der Waals surface area (Å²) >= 11 is 0. The number of carboxylic acid groups (broad SMARTS) is 1. The number of rotatable bonds is 3. The van der Waals surface area contributed by atoms with Crippen molar-refractivity contribution in [3.63, 3.8) is 0 Å². The van der Waals surface area contributed by atoms with E-state index in [9.17, 15) is 4.79 Å². The molecule has 1 aromatic rings. The lowest BCUT2D eigenvalue weighted by Gasteiger charge is -2.32. The molecule has 2 rings (SSSR count). The van der Waals surface area contributed by atoms with Crippen LogP contribution >= 0.6 is 0 Å². The summed E-state index contributed by atoms with van der Waals surface area (Å²) in [6.45, 7) is 4.00. The molecule has 1 aromatic heterocycles. The molecule has 1 N–H and O–H groups in total. The second kappa shape index (κ2) is 4.70. The number of furan rings is 1. The average molecular weight is 223 g/mol. The second-order valence-electron chi connectivity index (χ2n) is 4.42. The van der Waals surface area contributed by atoms with Crippen LogP contribution in [0.3, 0.4) is 0 Å². The fourth-order valence-corrected chi connectivity index (χ4v) is 2.17. The standard InChI is InChI=1S/C12H17NO3/c1-9-4-2-3-5-13(9)7-11-6-10(8-16-11)12(14)15/h6,8-9H,2-5,7H2,1H3,(H,14,15). The number of carbonyl (C=O) groups is 1. The third-order valence-electron chi connectivity index (χ3n) is 3.20. The fraction of sp³-hybridized carbons (Fsp3) is 0.583. The first-order chi connectivity index (χ1) is 7.66. The monoisotopic (exact) mass is 223 g/mol. The van der Waals surface area contributed by atoms with Crippen LogP contribution in [0.15, 0.2) is 16.7 Å². The lowest BCUT2D eigenvalue weighted by Crippen LogP contribution is -2.36. The minimum Gasteiger partial charge on any atom is -0.478 e. The maximum Gasteiger partial charge on any atom is 0.338 e. The number of nitrogens with zero attached hydrogens (tertiary/aromatic N) is 1. The van der Waals surface area contributed by atoms with Gasteiger partial charge in [0.1, 0.15) is 12.0 Å². The van der Waals surface area contributed by atoms with E-state index >= 15 is 0 Å². The van der Waals surface area contributed by atoms with Gasteiger partial charge in [-0.05, 0) is 32.4 Å². The molecule has 0 spiro atoms. The molecule has 4 heteroatoms. The molecule has 0 bridgehead atoms. The predicted octanol–water partition coefficient (Wildman–Crippen LogP) is 2.35. The van der Waals surface area contributed by atoms with Gasteiger partial charge in [-0.3, -0.25) is 4.90 Å². The van der Waals surface area contributed by atoms with Gasteiger partial charge in [-0.15, -0.1) is 0 Å². The molecule has 0 amide bonds. The van der Waals surface area contributed by atoms with Gasteiger partial charge in [0.2, 0.25) is 0 Å². The van der Waals surface area contributed by atoms with Crippen LogP contribution in [0.4, 0.5) is 0 Å². The maximum absolute atomic E-state index is 10.7. The largest absolute Gasteiger partial charge is 0.478 e. The minimum absolute atomic E-state index is 0.236. The summed E-state index contributed by atoms with van der Waals surface area (Å²) in [7, 11) is 0. The number of carboxylic acids is 1. The van der Waals surface area contributed by atoms with Crippen LogP contribution in [-0.2, 0) is 6.54 Å². The number of hydrogen-bond acceptors (Lipinski definition) is 3. The Hall–Kier alpha value is -1.29. The van der Waals surface area contributed by atoms with E-state index in [0.717, 1.165) is 12.3 Å². The number of aromatic carboxylic acids is 1. The summed E-state index contributed by atoms with van der Waals surface area (Å²) in [6, 6.07) is 2.18. The molecule has 1 atom stereocenters. The van der Waals surface area contributed by atoms with Gasteiger partial charge in [-0.25, -0.2) is 4.79 Å². The van der Waals surface area contributed by atoms with Crippen molar-refractivity contribution >= 4 is 5.97 Å². The first kappa shape index (κ1) is 11.2. The van der Waals surface area contributed by atoms with Crippen LogP contribution in [0.2, 0.25) is 0 Å². The normalized spacial score (nSPS) is 22.2. The van der Waals surface area contributed by atoms with Gasteiger partial charge < -0.3 is 9.52 Å². The van der Waals surface area contributed by atoms with E-state index in [1.165, 1.54) is 25.5 Å². The predicted molar refractivity (Wildman–Crippen MR) is 59.4 cm³/mol. The van der Waals surface area contributed by atoms with Crippen LogP contribution in [0.25, 0.3) is 0 Å². The van der Waals surface area contributed by atoms with Crippen LogP contribution in [0.1, 0.15) is 42.3 Å². The van der Waals surface area contributed by atoms with E-state index in [1.54, 1.807) is 6.07 Å². The van der Waals surface area contributed by atoms with E-state index in [4.69, 9.17) is 9.52 Å². The number of hydrogen-bond donors (Lipinski definition) is 1. The van der Waals surface area contributed by atoms with Crippen molar-refractivity contribution in [1.82, 2.24) is 4.90 Å². The third-order valence-corrected chi connectivity index (χ3v) is 3.20. The molecule has 88 valence electrons. The highest BCUT2D eigenvalue weighted by molar-refractivity contribution is 5.87. The first-order valence-electron chi connectivity index (χ1n) is 5.71. The molecule has 1 unspecified atom stereocenters. The van der Waals surface area contributed by atoms with Crippen molar-refractivity contribution in [2.24, 2.45) is 0 Å². The molecule has 4 nitrogen and oxygen atoms in total. The van der Waals surface area contributed by atoms with Crippen LogP contribution in [0, 0.1) is 0 Å². The van der Waals surface area contributed by atoms with Gasteiger partial charge >= 0.3 is 5.97 Å². The molecule has 1 aliphatic rings.